The number of halogens is 2. The van der Waals surface area contributed by atoms with Crippen LogP contribution in [0.5, 0.6) is 0 Å². The summed E-state index contributed by atoms with van der Waals surface area (Å²) in [6.45, 7) is 0. The van der Waals surface area contributed by atoms with E-state index in [1.165, 1.54) is 18.2 Å². The SMILES string of the molecule is Fc1cc2c[c]cc(F)c2c2cc[c]cc12. The Hall–Kier alpha value is -1.96. The molecule has 0 saturated heterocycles. The normalized spacial score (nSPS) is 11.1. The zero-order chi connectivity index (χ0) is 11.1. The van der Waals surface area contributed by atoms with Gasteiger partial charge in [0.2, 0.25) is 0 Å². The summed E-state index contributed by atoms with van der Waals surface area (Å²) in [5, 5.41) is 1.92. The van der Waals surface area contributed by atoms with Gasteiger partial charge in [0, 0.05) is 10.8 Å². The van der Waals surface area contributed by atoms with Crippen LogP contribution in [0.15, 0.2) is 36.4 Å². The Labute approximate surface area is 91.1 Å². The molecule has 76 valence electrons. The molecule has 2 radical (unpaired) electrons. The van der Waals surface area contributed by atoms with Gasteiger partial charge in [0.15, 0.2) is 0 Å². The standard InChI is InChI=1S/C14H6F2/c15-12-7-3-4-9-8-13(16)10-5-1-2-6-11(10)14(9)12/h2,4-8H. The van der Waals surface area contributed by atoms with E-state index in [9.17, 15) is 8.78 Å². The van der Waals surface area contributed by atoms with Crippen molar-refractivity contribution in [2.24, 2.45) is 0 Å². The molecule has 0 fully saturated rings. The van der Waals surface area contributed by atoms with Gasteiger partial charge in [0.25, 0.3) is 0 Å². The maximum Gasteiger partial charge on any atom is 0.132 e. The third kappa shape index (κ3) is 1.20. The highest BCUT2D eigenvalue weighted by atomic mass is 19.1. The molecule has 0 spiro atoms. The van der Waals surface area contributed by atoms with Crippen LogP contribution in [0.4, 0.5) is 8.78 Å². The van der Waals surface area contributed by atoms with Gasteiger partial charge in [-0.15, -0.1) is 0 Å². The maximum absolute atomic E-state index is 13.7. The van der Waals surface area contributed by atoms with E-state index in [1.807, 2.05) is 0 Å². The zero-order valence-electron chi connectivity index (χ0n) is 8.22. The summed E-state index contributed by atoms with van der Waals surface area (Å²) in [6.07, 6.45) is 0. The van der Waals surface area contributed by atoms with E-state index < -0.39 is 0 Å². The van der Waals surface area contributed by atoms with Crippen molar-refractivity contribution < 1.29 is 8.78 Å². The minimum Gasteiger partial charge on any atom is -0.206 e. The lowest BCUT2D eigenvalue weighted by atomic mass is 10.0. The summed E-state index contributed by atoms with van der Waals surface area (Å²) >= 11 is 0. The Balaban J connectivity index is 2.67. The first-order valence-corrected chi connectivity index (χ1v) is 4.85. The van der Waals surface area contributed by atoms with Gasteiger partial charge in [0.1, 0.15) is 11.6 Å². The highest BCUT2D eigenvalue weighted by Gasteiger charge is 2.08. The molecule has 0 atom stereocenters. The fraction of sp³-hybridized carbons (Fsp3) is 0. The molecular weight excluding hydrogens is 206 g/mol. The van der Waals surface area contributed by atoms with Crippen molar-refractivity contribution in [3.63, 3.8) is 0 Å². The molecule has 2 heteroatoms. The number of rotatable bonds is 0. The van der Waals surface area contributed by atoms with Gasteiger partial charge in [-0.2, -0.15) is 0 Å². The first kappa shape index (κ1) is 9.28. The average Bonchev–Trinajstić information content (AvgIpc) is 2.29. The van der Waals surface area contributed by atoms with E-state index in [2.05, 4.69) is 12.1 Å². The predicted octanol–water partition coefficient (Wildman–Crippen LogP) is 3.87. The van der Waals surface area contributed by atoms with Crippen molar-refractivity contribution in [1.29, 1.82) is 0 Å². The Morgan fingerprint density at radius 3 is 2.62 bits per heavy atom. The molecule has 0 aromatic heterocycles. The first-order valence-electron chi connectivity index (χ1n) is 4.85. The second kappa shape index (κ2) is 3.27. The molecule has 3 rings (SSSR count). The highest BCUT2D eigenvalue weighted by molar-refractivity contribution is 6.07. The molecule has 0 aliphatic heterocycles. The number of hydrogen-bond donors (Lipinski definition) is 0. The molecule has 0 N–H and O–H groups in total. The molecule has 0 nitrogen and oxygen atoms in total. The fourth-order valence-corrected chi connectivity index (χ4v) is 1.95. The topological polar surface area (TPSA) is 0 Å². The zero-order valence-corrected chi connectivity index (χ0v) is 8.22. The molecule has 0 amide bonds. The molecule has 3 aromatic rings. The van der Waals surface area contributed by atoms with Crippen LogP contribution >= 0.6 is 0 Å². The molecule has 0 saturated carbocycles. The van der Waals surface area contributed by atoms with Crippen LogP contribution in [0.25, 0.3) is 21.5 Å². The van der Waals surface area contributed by atoms with Crippen molar-refractivity contribution in [1.82, 2.24) is 0 Å². The smallest absolute Gasteiger partial charge is 0.132 e. The van der Waals surface area contributed by atoms with Crippen LogP contribution in [-0.4, -0.2) is 0 Å². The van der Waals surface area contributed by atoms with E-state index >= 15 is 0 Å². The second-order valence-electron chi connectivity index (χ2n) is 3.60. The summed E-state index contributed by atoms with van der Waals surface area (Å²) in [5.41, 5.74) is 0. The minimum atomic E-state index is -0.381. The molecule has 0 aliphatic carbocycles. The lowest BCUT2D eigenvalue weighted by molar-refractivity contribution is 0.636. The lowest BCUT2D eigenvalue weighted by Gasteiger charge is -2.05. The third-order valence-corrected chi connectivity index (χ3v) is 2.65. The third-order valence-electron chi connectivity index (χ3n) is 2.65. The van der Waals surface area contributed by atoms with Gasteiger partial charge in [-0.05, 0) is 47.2 Å². The Morgan fingerprint density at radius 1 is 0.875 bits per heavy atom. The monoisotopic (exact) mass is 212 g/mol. The molecule has 0 aliphatic rings. The predicted molar refractivity (Wildman–Crippen MR) is 59.0 cm³/mol. The van der Waals surface area contributed by atoms with Crippen molar-refractivity contribution in [2.45, 2.75) is 0 Å². The number of fused-ring (bicyclic) bond motifs is 3. The van der Waals surface area contributed by atoms with Gasteiger partial charge >= 0.3 is 0 Å². The molecule has 0 bridgehead atoms. The van der Waals surface area contributed by atoms with Crippen molar-refractivity contribution in [3.8, 4) is 0 Å². The Morgan fingerprint density at radius 2 is 1.75 bits per heavy atom. The molecule has 0 heterocycles. The Kier molecular flexibility index (Phi) is 1.90. The van der Waals surface area contributed by atoms with E-state index in [-0.39, 0.29) is 11.6 Å². The first-order chi connectivity index (χ1) is 7.77. The second-order valence-corrected chi connectivity index (χ2v) is 3.60. The van der Waals surface area contributed by atoms with Crippen LogP contribution in [0.1, 0.15) is 0 Å². The number of benzene rings is 3. The quantitative estimate of drug-likeness (QED) is 0.496. The van der Waals surface area contributed by atoms with E-state index in [0.717, 1.165) is 0 Å². The molecular formula is C14H6F2. The van der Waals surface area contributed by atoms with Crippen molar-refractivity contribution in [2.75, 3.05) is 0 Å². The van der Waals surface area contributed by atoms with Crippen LogP contribution < -0.4 is 0 Å². The highest BCUT2D eigenvalue weighted by Crippen LogP contribution is 2.29. The largest absolute Gasteiger partial charge is 0.206 e. The van der Waals surface area contributed by atoms with Gasteiger partial charge < -0.3 is 0 Å². The summed E-state index contributed by atoms with van der Waals surface area (Å²) in [4.78, 5) is 0. The summed E-state index contributed by atoms with van der Waals surface area (Å²) in [6, 6.07) is 14.5. The maximum atomic E-state index is 13.7. The van der Waals surface area contributed by atoms with Crippen LogP contribution in [0.3, 0.4) is 0 Å². The summed E-state index contributed by atoms with van der Waals surface area (Å²) < 4.78 is 27.4. The van der Waals surface area contributed by atoms with Gasteiger partial charge in [0.05, 0.1) is 0 Å². The van der Waals surface area contributed by atoms with Gasteiger partial charge in [-0.25, -0.2) is 8.78 Å². The number of hydrogen-bond acceptors (Lipinski definition) is 0. The van der Waals surface area contributed by atoms with Gasteiger partial charge in [-0.1, -0.05) is 12.1 Å². The van der Waals surface area contributed by atoms with Crippen LogP contribution in [-0.2, 0) is 0 Å². The Bertz CT molecular complexity index is 687. The van der Waals surface area contributed by atoms with Crippen LogP contribution in [0.2, 0.25) is 0 Å². The van der Waals surface area contributed by atoms with Crippen LogP contribution in [0, 0.1) is 23.8 Å². The molecule has 0 unspecified atom stereocenters. The minimum absolute atomic E-state index is 0.363. The molecule has 16 heavy (non-hydrogen) atoms. The van der Waals surface area contributed by atoms with E-state index in [1.54, 1.807) is 18.2 Å². The van der Waals surface area contributed by atoms with E-state index in [0.29, 0.717) is 21.5 Å². The fourth-order valence-electron chi connectivity index (χ4n) is 1.95. The van der Waals surface area contributed by atoms with E-state index in [4.69, 9.17) is 0 Å². The summed E-state index contributed by atoms with van der Waals surface area (Å²) in [5.74, 6) is -0.743. The average molecular weight is 212 g/mol. The summed E-state index contributed by atoms with van der Waals surface area (Å²) in [7, 11) is 0. The van der Waals surface area contributed by atoms with Gasteiger partial charge in [-0.3, -0.25) is 0 Å². The lowest BCUT2D eigenvalue weighted by Crippen LogP contribution is -1.86. The van der Waals surface area contributed by atoms with Crippen molar-refractivity contribution >= 4 is 21.5 Å². The molecule has 3 aromatic carbocycles. The van der Waals surface area contributed by atoms with Crippen molar-refractivity contribution in [3.05, 3.63) is 60.2 Å².